The van der Waals surface area contributed by atoms with Crippen molar-refractivity contribution >= 4 is 6.41 Å². The standard InChI is InChI=1S/C15H13NO/c17-11-16-9-12-5-1-3-7-14(12)15-8-4-2-6-13(15)10-16/h1-8,11H,9-10H2. The zero-order valence-electron chi connectivity index (χ0n) is 9.47. The van der Waals surface area contributed by atoms with Gasteiger partial charge in [0.05, 0.1) is 0 Å². The van der Waals surface area contributed by atoms with Crippen molar-refractivity contribution in [2.24, 2.45) is 0 Å². The molecule has 0 aromatic heterocycles. The highest BCUT2D eigenvalue weighted by molar-refractivity contribution is 5.72. The van der Waals surface area contributed by atoms with Gasteiger partial charge >= 0.3 is 0 Å². The molecule has 2 heteroatoms. The summed E-state index contributed by atoms with van der Waals surface area (Å²) in [5.74, 6) is 0. The van der Waals surface area contributed by atoms with Gasteiger partial charge in [0.25, 0.3) is 0 Å². The fourth-order valence-electron chi connectivity index (χ4n) is 2.41. The highest BCUT2D eigenvalue weighted by Crippen LogP contribution is 2.31. The predicted octanol–water partition coefficient (Wildman–Crippen LogP) is 2.83. The van der Waals surface area contributed by atoms with Gasteiger partial charge in [-0.3, -0.25) is 4.79 Å². The third-order valence-electron chi connectivity index (χ3n) is 3.22. The zero-order valence-corrected chi connectivity index (χ0v) is 9.47. The van der Waals surface area contributed by atoms with Crippen LogP contribution in [0.15, 0.2) is 48.5 Å². The molecule has 2 aromatic carbocycles. The lowest BCUT2D eigenvalue weighted by atomic mass is 9.97. The van der Waals surface area contributed by atoms with Crippen molar-refractivity contribution in [3.05, 3.63) is 59.7 Å². The molecule has 3 rings (SSSR count). The maximum absolute atomic E-state index is 11.1. The van der Waals surface area contributed by atoms with Gasteiger partial charge in [0, 0.05) is 13.1 Å². The summed E-state index contributed by atoms with van der Waals surface area (Å²) in [5, 5.41) is 0. The van der Waals surface area contributed by atoms with Crippen molar-refractivity contribution in [1.82, 2.24) is 4.90 Å². The lowest BCUT2D eigenvalue weighted by molar-refractivity contribution is -0.119. The third-order valence-corrected chi connectivity index (χ3v) is 3.22. The van der Waals surface area contributed by atoms with Gasteiger partial charge in [0.15, 0.2) is 0 Å². The van der Waals surface area contributed by atoms with E-state index in [9.17, 15) is 4.79 Å². The number of carbonyl (C=O) groups is 1. The molecule has 2 nitrogen and oxygen atoms in total. The minimum absolute atomic E-state index is 0.689. The SMILES string of the molecule is O=CN1Cc2ccccc2-c2ccccc2C1. The van der Waals surface area contributed by atoms with Crippen LogP contribution in [0.25, 0.3) is 11.1 Å². The van der Waals surface area contributed by atoms with Gasteiger partial charge in [0.2, 0.25) is 6.41 Å². The van der Waals surface area contributed by atoms with E-state index in [-0.39, 0.29) is 0 Å². The summed E-state index contributed by atoms with van der Waals surface area (Å²) in [7, 11) is 0. The van der Waals surface area contributed by atoms with E-state index in [0.29, 0.717) is 13.1 Å². The van der Waals surface area contributed by atoms with E-state index in [1.54, 1.807) is 0 Å². The van der Waals surface area contributed by atoms with Crippen LogP contribution < -0.4 is 0 Å². The van der Waals surface area contributed by atoms with Gasteiger partial charge < -0.3 is 4.90 Å². The Morgan fingerprint density at radius 2 is 1.29 bits per heavy atom. The van der Waals surface area contributed by atoms with Crippen LogP contribution in [0.3, 0.4) is 0 Å². The van der Waals surface area contributed by atoms with Gasteiger partial charge in [-0.25, -0.2) is 0 Å². The van der Waals surface area contributed by atoms with Crippen LogP contribution in [0, 0.1) is 0 Å². The van der Waals surface area contributed by atoms with Crippen LogP contribution >= 0.6 is 0 Å². The molecule has 0 unspecified atom stereocenters. The first-order valence-corrected chi connectivity index (χ1v) is 5.74. The molecule has 0 aliphatic carbocycles. The summed E-state index contributed by atoms with van der Waals surface area (Å²) >= 11 is 0. The molecule has 0 saturated carbocycles. The van der Waals surface area contributed by atoms with Crippen molar-refractivity contribution in [3.8, 4) is 11.1 Å². The van der Waals surface area contributed by atoms with Crippen LogP contribution in [0.1, 0.15) is 11.1 Å². The third kappa shape index (κ3) is 1.72. The van der Waals surface area contributed by atoms with E-state index in [2.05, 4.69) is 24.3 Å². The van der Waals surface area contributed by atoms with E-state index in [1.807, 2.05) is 29.2 Å². The first-order chi connectivity index (χ1) is 8.38. The van der Waals surface area contributed by atoms with Crippen molar-refractivity contribution < 1.29 is 4.79 Å². The molecule has 0 spiro atoms. The predicted molar refractivity (Wildman–Crippen MR) is 67.2 cm³/mol. The average molecular weight is 223 g/mol. The minimum atomic E-state index is 0.689. The summed E-state index contributed by atoms with van der Waals surface area (Å²) in [4.78, 5) is 12.9. The Hall–Kier alpha value is -2.09. The summed E-state index contributed by atoms with van der Waals surface area (Å²) in [6.07, 6.45) is 0.929. The first-order valence-electron chi connectivity index (χ1n) is 5.74. The van der Waals surface area contributed by atoms with E-state index in [4.69, 9.17) is 0 Å². The van der Waals surface area contributed by atoms with E-state index in [0.717, 1.165) is 6.41 Å². The van der Waals surface area contributed by atoms with Crippen molar-refractivity contribution in [2.75, 3.05) is 0 Å². The van der Waals surface area contributed by atoms with Crippen LogP contribution in [-0.2, 0) is 17.9 Å². The number of hydrogen-bond donors (Lipinski definition) is 0. The van der Waals surface area contributed by atoms with Gasteiger partial charge in [-0.1, -0.05) is 48.5 Å². The number of nitrogens with zero attached hydrogens (tertiary/aromatic N) is 1. The molecule has 17 heavy (non-hydrogen) atoms. The second-order valence-electron chi connectivity index (χ2n) is 4.32. The number of rotatable bonds is 1. The largest absolute Gasteiger partial charge is 0.337 e. The van der Waals surface area contributed by atoms with Crippen molar-refractivity contribution in [1.29, 1.82) is 0 Å². The lowest BCUT2D eigenvalue weighted by Crippen LogP contribution is -2.19. The maximum atomic E-state index is 11.1. The lowest BCUT2D eigenvalue weighted by Gasteiger charge is -2.14. The quantitative estimate of drug-likeness (QED) is 0.681. The Morgan fingerprint density at radius 1 is 0.824 bits per heavy atom. The van der Waals surface area contributed by atoms with Gasteiger partial charge in [0.1, 0.15) is 0 Å². The normalized spacial score (nSPS) is 13.5. The van der Waals surface area contributed by atoms with Crippen LogP contribution in [0.4, 0.5) is 0 Å². The second-order valence-corrected chi connectivity index (χ2v) is 4.32. The molecule has 84 valence electrons. The van der Waals surface area contributed by atoms with Crippen molar-refractivity contribution in [3.63, 3.8) is 0 Å². The van der Waals surface area contributed by atoms with Crippen LogP contribution in [-0.4, -0.2) is 11.3 Å². The fraction of sp³-hybridized carbons (Fsp3) is 0.133. The summed E-state index contributed by atoms with van der Waals surface area (Å²) in [6, 6.07) is 16.6. The Bertz CT molecular complexity index is 515. The number of hydrogen-bond acceptors (Lipinski definition) is 1. The van der Waals surface area contributed by atoms with Crippen LogP contribution in [0.5, 0.6) is 0 Å². The first kappa shape index (κ1) is 10.1. The number of benzene rings is 2. The maximum Gasteiger partial charge on any atom is 0.210 e. The molecule has 1 aliphatic rings. The van der Waals surface area contributed by atoms with Crippen molar-refractivity contribution in [2.45, 2.75) is 13.1 Å². The molecule has 0 saturated heterocycles. The Morgan fingerprint density at radius 3 is 1.76 bits per heavy atom. The molecule has 1 amide bonds. The molecule has 1 heterocycles. The Balaban J connectivity index is 2.24. The molecular weight excluding hydrogens is 210 g/mol. The van der Waals surface area contributed by atoms with Gasteiger partial charge in [-0.15, -0.1) is 0 Å². The van der Waals surface area contributed by atoms with Gasteiger partial charge in [-0.05, 0) is 22.3 Å². The highest BCUT2D eigenvalue weighted by atomic mass is 16.1. The number of fused-ring (bicyclic) bond motifs is 3. The number of carbonyl (C=O) groups excluding carboxylic acids is 1. The van der Waals surface area contributed by atoms with E-state index in [1.165, 1.54) is 22.3 Å². The molecular formula is C15H13NO. The monoisotopic (exact) mass is 223 g/mol. The average Bonchev–Trinajstić information content (AvgIpc) is 2.55. The summed E-state index contributed by atoms with van der Waals surface area (Å²) in [5.41, 5.74) is 4.91. The Labute approximate surface area is 100 Å². The molecule has 0 fully saturated rings. The second kappa shape index (κ2) is 4.06. The minimum Gasteiger partial charge on any atom is -0.337 e. The molecule has 2 aromatic rings. The Kier molecular flexibility index (Phi) is 2.41. The smallest absolute Gasteiger partial charge is 0.210 e. The molecule has 0 atom stereocenters. The van der Waals surface area contributed by atoms with Gasteiger partial charge in [-0.2, -0.15) is 0 Å². The summed E-state index contributed by atoms with van der Waals surface area (Å²) < 4.78 is 0. The molecule has 1 aliphatic heterocycles. The topological polar surface area (TPSA) is 20.3 Å². The molecule has 0 radical (unpaired) electrons. The molecule has 0 bridgehead atoms. The highest BCUT2D eigenvalue weighted by Gasteiger charge is 2.16. The van der Waals surface area contributed by atoms with Crippen LogP contribution in [0.2, 0.25) is 0 Å². The van der Waals surface area contributed by atoms with E-state index >= 15 is 0 Å². The van der Waals surface area contributed by atoms with E-state index < -0.39 is 0 Å². The fourth-order valence-corrected chi connectivity index (χ4v) is 2.41. The summed E-state index contributed by atoms with van der Waals surface area (Å²) in [6.45, 7) is 1.38. The molecule has 0 N–H and O–H groups in total. The number of amides is 1. The zero-order chi connectivity index (χ0) is 11.7.